The predicted molar refractivity (Wildman–Crippen MR) is 80.9 cm³/mol. The van der Waals surface area contributed by atoms with E-state index in [0.717, 1.165) is 26.1 Å². The van der Waals surface area contributed by atoms with Gasteiger partial charge in [0.15, 0.2) is 0 Å². The van der Waals surface area contributed by atoms with Gasteiger partial charge in [0.25, 0.3) is 0 Å². The minimum absolute atomic E-state index is 0.273. The largest absolute Gasteiger partial charge is 0.396 e. The van der Waals surface area contributed by atoms with Gasteiger partial charge in [0.1, 0.15) is 0 Å². The summed E-state index contributed by atoms with van der Waals surface area (Å²) >= 11 is 0. The Morgan fingerprint density at radius 1 is 1.26 bits per heavy atom. The second kappa shape index (κ2) is 6.40. The normalized spacial score (nSPS) is 21.5. The quantitative estimate of drug-likeness (QED) is 0.904. The summed E-state index contributed by atoms with van der Waals surface area (Å²) in [6.07, 6.45) is 2.05. The van der Waals surface area contributed by atoms with Gasteiger partial charge in [-0.15, -0.1) is 0 Å². The fourth-order valence-corrected chi connectivity index (χ4v) is 2.92. The van der Waals surface area contributed by atoms with E-state index in [1.54, 1.807) is 0 Å². The van der Waals surface area contributed by atoms with Gasteiger partial charge in [0.2, 0.25) is 0 Å². The second-order valence-electron chi connectivity index (χ2n) is 5.74. The molecule has 1 aliphatic heterocycles. The molecular formula is C16H26N2O. The third-order valence-electron chi connectivity index (χ3n) is 4.16. The summed E-state index contributed by atoms with van der Waals surface area (Å²) in [5.41, 5.74) is 4.02. The number of likely N-dealkylation sites (N-methyl/N-ethyl adjacent to an activating group) is 1. The summed E-state index contributed by atoms with van der Waals surface area (Å²) in [6.45, 7) is 7.85. The molecule has 2 rings (SSSR count). The van der Waals surface area contributed by atoms with Crippen molar-refractivity contribution in [2.24, 2.45) is 0 Å². The number of anilines is 1. The highest BCUT2D eigenvalue weighted by atomic mass is 16.3. The minimum Gasteiger partial charge on any atom is -0.396 e. The Morgan fingerprint density at radius 2 is 2.05 bits per heavy atom. The van der Waals surface area contributed by atoms with Gasteiger partial charge in [0, 0.05) is 31.4 Å². The lowest BCUT2D eigenvalue weighted by Crippen LogP contribution is -2.39. The number of hydrogen-bond acceptors (Lipinski definition) is 3. The topological polar surface area (TPSA) is 26.7 Å². The number of nitrogens with zero attached hydrogens (tertiary/aromatic N) is 2. The van der Waals surface area contributed by atoms with Crippen molar-refractivity contribution in [3.8, 4) is 0 Å². The van der Waals surface area contributed by atoms with Crippen molar-refractivity contribution >= 4 is 5.69 Å². The maximum Gasteiger partial charge on any atom is 0.0446 e. The zero-order valence-electron chi connectivity index (χ0n) is 12.4. The van der Waals surface area contributed by atoms with Crippen molar-refractivity contribution < 1.29 is 5.11 Å². The molecule has 0 aromatic heterocycles. The fraction of sp³-hybridized carbons (Fsp3) is 0.625. The van der Waals surface area contributed by atoms with E-state index in [1.807, 2.05) is 0 Å². The Morgan fingerprint density at radius 3 is 2.79 bits per heavy atom. The molecule has 3 heteroatoms. The Balaban J connectivity index is 2.20. The highest BCUT2D eigenvalue weighted by Crippen LogP contribution is 2.24. The smallest absolute Gasteiger partial charge is 0.0446 e. The molecule has 1 aromatic rings. The molecule has 1 atom stereocenters. The molecule has 0 aliphatic carbocycles. The highest BCUT2D eigenvalue weighted by Gasteiger charge is 2.22. The van der Waals surface area contributed by atoms with Crippen LogP contribution in [0.25, 0.3) is 0 Å². The van der Waals surface area contributed by atoms with E-state index in [1.165, 1.54) is 23.2 Å². The number of benzene rings is 1. The van der Waals surface area contributed by atoms with Gasteiger partial charge in [-0.05, 0) is 57.5 Å². The van der Waals surface area contributed by atoms with Crippen LogP contribution < -0.4 is 4.90 Å². The summed E-state index contributed by atoms with van der Waals surface area (Å²) in [4.78, 5) is 4.88. The lowest BCUT2D eigenvalue weighted by Gasteiger charge is -2.30. The fourth-order valence-electron chi connectivity index (χ4n) is 2.92. The molecule has 0 spiro atoms. The van der Waals surface area contributed by atoms with Gasteiger partial charge in [-0.2, -0.15) is 0 Å². The molecule has 0 bridgehead atoms. The molecule has 1 aliphatic rings. The Bertz CT molecular complexity index is 419. The number of hydrogen-bond donors (Lipinski definition) is 1. The lowest BCUT2D eigenvalue weighted by atomic mass is 10.1. The summed E-state index contributed by atoms with van der Waals surface area (Å²) in [7, 11) is 2.17. The maximum atomic E-state index is 9.24. The van der Waals surface area contributed by atoms with Crippen LogP contribution in [0.2, 0.25) is 0 Å². The van der Waals surface area contributed by atoms with Crippen molar-refractivity contribution in [3.63, 3.8) is 0 Å². The molecule has 1 saturated heterocycles. The first-order valence-electron chi connectivity index (χ1n) is 7.25. The van der Waals surface area contributed by atoms with Crippen LogP contribution in [0.3, 0.4) is 0 Å². The van der Waals surface area contributed by atoms with E-state index in [9.17, 15) is 5.11 Å². The van der Waals surface area contributed by atoms with Crippen molar-refractivity contribution in [2.45, 2.75) is 32.7 Å². The highest BCUT2D eigenvalue weighted by molar-refractivity contribution is 5.55. The first kappa shape index (κ1) is 14.4. The zero-order chi connectivity index (χ0) is 13.8. The predicted octanol–water partition coefficient (Wildman–Crippen LogP) is 2.20. The maximum absolute atomic E-state index is 9.24. The van der Waals surface area contributed by atoms with E-state index in [0.29, 0.717) is 6.04 Å². The van der Waals surface area contributed by atoms with Crippen LogP contribution in [0, 0.1) is 13.8 Å². The number of rotatable bonds is 3. The molecule has 1 heterocycles. The standard InChI is InChI=1S/C16H26N2O/c1-13-5-6-14(2)16(11-13)18-9-4-8-17(3)15(12-18)7-10-19/h5-6,11,15,19H,4,7-10,12H2,1-3H3. The minimum atomic E-state index is 0.273. The number of aliphatic hydroxyl groups excluding tert-OH is 1. The molecule has 106 valence electrons. The summed E-state index contributed by atoms with van der Waals surface area (Å²) < 4.78 is 0. The van der Waals surface area contributed by atoms with Crippen LogP contribution in [0.1, 0.15) is 24.0 Å². The molecular weight excluding hydrogens is 236 g/mol. The van der Waals surface area contributed by atoms with Crippen LogP contribution in [-0.4, -0.2) is 49.3 Å². The Kier molecular flexibility index (Phi) is 4.83. The average Bonchev–Trinajstić information content (AvgIpc) is 2.56. The summed E-state index contributed by atoms with van der Waals surface area (Å²) in [6, 6.07) is 7.12. The SMILES string of the molecule is Cc1ccc(C)c(N2CCCN(C)C(CCO)C2)c1. The second-order valence-corrected chi connectivity index (χ2v) is 5.74. The van der Waals surface area contributed by atoms with Gasteiger partial charge < -0.3 is 14.9 Å². The van der Waals surface area contributed by atoms with Gasteiger partial charge >= 0.3 is 0 Å². The molecule has 3 nitrogen and oxygen atoms in total. The molecule has 1 aromatic carbocycles. The average molecular weight is 262 g/mol. The van der Waals surface area contributed by atoms with E-state index in [-0.39, 0.29) is 6.61 Å². The van der Waals surface area contributed by atoms with Crippen LogP contribution in [0.15, 0.2) is 18.2 Å². The molecule has 0 radical (unpaired) electrons. The van der Waals surface area contributed by atoms with Gasteiger partial charge in [-0.1, -0.05) is 12.1 Å². The molecule has 1 fully saturated rings. The number of aryl methyl sites for hydroxylation is 2. The van der Waals surface area contributed by atoms with Crippen LogP contribution >= 0.6 is 0 Å². The molecule has 0 saturated carbocycles. The molecule has 19 heavy (non-hydrogen) atoms. The third-order valence-corrected chi connectivity index (χ3v) is 4.16. The van der Waals surface area contributed by atoms with Crippen LogP contribution in [-0.2, 0) is 0 Å². The van der Waals surface area contributed by atoms with Crippen molar-refractivity contribution in [1.29, 1.82) is 0 Å². The monoisotopic (exact) mass is 262 g/mol. The first-order valence-corrected chi connectivity index (χ1v) is 7.25. The van der Waals surface area contributed by atoms with Crippen molar-refractivity contribution in [3.05, 3.63) is 29.3 Å². The zero-order valence-corrected chi connectivity index (χ0v) is 12.4. The van der Waals surface area contributed by atoms with E-state index >= 15 is 0 Å². The molecule has 0 amide bonds. The van der Waals surface area contributed by atoms with Gasteiger partial charge in [-0.3, -0.25) is 0 Å². The van der Waals surface area contributed by atoms with E-state index in [4.69, 9.17) is 0 Å². The van der Waals surface area contributed by atoms with Gasteiger partial charge in [0.05, 0.1) is 0 Å². The van der Waals surface area contributed by atoms with E-state index < -0.39 is 0 Å². The summed E-state index contributed by atoms with van der Waals surface area (Å²) in [5.74, 6) is 0. The lowest BCUT2D eigenvalue weighted by molar-refractivity contribution is 0.196. The summed E-state index contributed by atoms with van der Waals surface area (Å²) in [5, 5.41) is 9.24. The van der Waals surface area contributed by atoms with Crippen molar-refractivity contribution in [2.75, 3.05) is 38.2 Å². The molecule has 1 N–H and O–H groups in total. The number of aliphatic hydroxyl groups is 1. The van der Waals surface area contributed by atoms with Crippen LogP contribution in [0.5, 0.6) is 0 Å². The molecule has 1 unspecified atom stereocenters. The van der Waals surface area contributed by atoms with Gasteiger partial charge in [-0.25, -0.2) is 0 Å². The van der Waals surface area contributed by atoms with E-state index in [2.05, 4.69) is 48.9 Å². The van der Waals surface area contributed by atoms with Crippen LogP contribution in [0.4, 0.5) is 5.69 Å². The first-order chi connectivity index (χ1) is 9.11. The Hall–Kier alpha value is -1.06. The third kappa shape index (κ3) is 3.48. The van der Waals surface area contributed by atoms with Crippen molar-refractivity contribution in [1.82, 2.24) is 4.90 Å². The Labute approximate surface area is 116 Å².